The van der Waals surface area contributed by atoms with Crippen LogP contribution in [-0.2, 0) is 16.2 Å². The summed E-state index contributed by atoms with van der Waals surface area (Å²) in [6.07, 6.45) is 1.36. The van der Waals surface area contributed by atoms with Gasteiger partial charge in [0.15, 0.2) is 11.5 Å². The second-order valence-corrected chi connectivity index (χ2v) is 8.50. The number of urea groups is 1. The molecule has 0 aliphatic carbocycles. The molecular weight excluding hydrogens is 519 g/mol. The number of hydrogen-bond acceptors (Lipinski definition) is 5. The minimum atomic E-state index is -0.819. The number of carbonyl (C=O) groups excluding carboxylic acids is 3. The van der Waals surface area contributed by atoms with Crippen molar-refractivity contribution >= 4 is 45.5 Å². The Balaban J connectivity index is 1.66. The smallest absolute Gasteiger partial charge is 0.335 e. The van der Waals surface area contributed by atoms with Gasteiger partial charge in [0.1, 0.15) is 18.0 Å². The highest BCUT2D eigenvalue weighted by Gasteiger charge is 2.37. The molecule has 1 heterocycles. The second kappa shape index (κ2) is 10.1. The number of benzene rings is 3. The molecule has 0 atom stereocenters. The summed E-state index contributed by atoms with van der Waals surface area (Å²) in [6, 6.07) is 15.5. The fraction of sp³-hybridized carbons (Fsp3) is 0.115. The molecule has 178 valence electrons. The first-order valence-electron chi connectivity index (χ1n) is 10.5. The van der Waals surface area contributed by atoms with Gasteiger partial charge in [0, 0.05) is 10.0 Å². The highest BCUT2D eigenvalue weighted by atomic mass is 79.9. The summed E-state index contributed by atoms with van der Waals surface area (Å²) in [6.45, 7) is 1.74. The van der Waals surface area contributed by atoms with E-state index in [2.05, 4.69) is 21.2 Å². The van der Waals surface area contributed by atoms with Crippen molar-refractivity contribution in [3.05, 3.63) is 93.2 Å². The average molecular weight is 539 g/mol. The van der Waals surface area contributed by atoms with Crippen molar-refractivity contribution in [2.45, 2.75) is 13.5 Å². The Kier molecular flexibility index (Phi) is 6.97. The first kappa shape index (κ1) is 24.2. The number of ether oxygens (including phenoxy) is 2. The minimum Gasteiger partial charge on any atom is -0.493 e. The average Bonchev–Trinajstić information content (AvgIpc) is 2.83. The number of nitrogens with zero attached hydrogens (tertiary/aromatic N) is 1. The Morgan fingerprint density at radius 3 is 2.46 bits per heavy atom. The molecule has 4 rings (SSSR count). The van der Waals surface area contributed by atoms with E-state index in [1.165, 1.54) is 19.3 Å². The van der Waals surface area contributed by atoms with Crippen molar-refractivity contribution in [2.75, 3.05) is 12.0 Å². The molecule has 3 aromatic carbocycles. The number of hydrogen-bond donors (Lipinski definition) is 1. The predicted molar refractivity (Wildman–Crippen MR) is 132 cm³/mol. The zero-order valence-electron chi connectivity index (χ0n) is 18.8. The van der Waals surface area contributed by atoms with E-state index in [0.29, 0.717) is 38.3 Å². The number of imide groups is 2. The van der Waals surface area contributed by atoms with Crippen molar-refractivity contribution in [2.24, 2.45) is 0 Å². The number of anilines is 1. The molecule has 4 amide bonds. The third kappa shape index (κ3) is 4.95. The van der Waals surface area contributed by atoms with Crippen molar-refractivity contribution in [1.82, 2.24) is 5.32 Å². The van der Waals surface area contributed by atoms with Crippen LogP contribution in [0, 0.1) is 12.7 Å². The van der Waals surface area contributed by atoms with Crippen molar-refractivity contribution in [3.8, 4) is 11.5 Å². The Bertz CT molecular complexity index is 1370. The monoisotopic (exact) mass is 538 g/mol. The molecule has 7 nitrogen and oxygen atoms in total. The molecule has 1 saturated heterocycles. The lowest BCUT2D eigenvalue weighted by molar-refractivity contribution is -0.122. The van der Waals surface area contributed by atoms with Crippen LogP contribution in [0.25, 0.3) is 6.08 Å². The highest BCUT2D eigenvalue weighted by molar-refractivity contribution is 9.10. The van der Waals surface area contributed by atoms with Crippen LogP contribution >= 0.6 is 15.9 Å². The van der Waals surface area contributed by atoms with Gasteiger partial charge in [-0.15, -0.1) is 0 Å². The Labute approximate surface area is 209 Å². The van der Waals surface area contributed by atoms with Crippen LogP contribution in [-0.4, -0.2) is 25.0 Å². The number of carbonyl (C=O) groups is 3. The number of halogens is 2. The van der Waals surface area contributed by atoms with Gasteiger partial charge >= 0.3 is 6.03 Å². The van der Waals surface area contributed by atoms with Crippen LogP contribution in [0.4, 0.5) is 14.9 Å². The van der Waals surface area contributed by atoms with E-state index in [1.54, 1.807) is 61.5 Å². The fourth-order valence-electron chi connectivity index (χ4n) is 3.55. The van der Waals surface area contributed by atoms with Gasteiger partial charge in [-0.25, -0.2) is 14.1 Å². The molecule has 35 heavy (non-hydrogen) atoms. The SMILES string of the molecule is COc1cc(/C=C2\C(=O)NC(=O)N(c3ccccc3C)C2=O)c(Br)cc1OCc1ccccc1F. The van der Waals surface area contributed by atoms with Crippen LogP contribution in [0.15, 0.2) is 70.7 Å². The zero-order chi connectivity index (χ0) is 25.1. The van der Waals surface area contributed by atoms with Crippen LogP contribution in [0.1, 0.15) is 16.7 Å². The Morgan fingerprint density at radius 2 is 1.74 bits per heavy atom. The third-order valence-electron chi connectivity index (χ3n) is 5.38. The van der Waals surface area contributed by atoms with Gasteiger partial charge in [-0.2, -0.15) is 0 Å². The molecule has 1 N–H and O–H groups in total. The standard InChI is InChI=1S/C26H20BrFN2O5/c1-15-7-3-6-10-21(15)30-25(32)18(24(31)29-26(30)33)11-17-12-22(34-2)23(13-19(17)27)35-14-16-8-4-5-9-20(16)28/h3-13H,14H2,1-2H3,(H,29,31,33)/b18-11+. The molecule has 0 unspecified atom stereocenters. The topological polar surface area (TPSA) is 84.9 Å². The van der Waals surface area contributed by atoms with E-state index in [9.17, 15) is 18.8 Å². The van der Waals surface area contributed by atoms with Gasteiger partial charge in [-0.1, -0.05) is 52.3 Å². The maximum Gasteiger partial charge on any atom is 0.335 e. The number of aryl methyl sites for hydroxylation is 1. The number of rotatable bonds is 6. The summed E-state index contributed by atoms with van der Waals surface area (Å²) in [5, 5.41) is 2.21. The predicted octanol–water partition coefficient (Wildman–Crippen LogP) is 5.15. The summed E-state index contributed by atoms with van der Waals surface area (Å²) in [5.41, 5.74) is 1.67. The molecule has 1 fully saturated rings. The van der Waals surface area contributed by atoms with Crippen LogP contribution < -0.4 is 19.7 Å². The summed E-state index contributed by atoms with van der Waals surface area (Å²) in [7, 11) is 1.44. The molecule has 0 radical (unpaired) electrons. The van der Waals surface area contributed by atoms with Gasteiger partial charge in [-0.3, -0.25) is 14.9 Å². The number of methoxy groups -OCH3 is 1. The van der Waals surface area contributed by atoms with Gasteiger partial charge in [0.2, 0.25) is 0 Å². The number of nitrogens with one attached hydrogen (secondary N) is 1. The van der Waals surface area contributed by atoms with Gasteiger partial charge < -0.3 is 9.47 Å². The van der Waals surface area contributed by atoms with Crippen molar-refractivity contribution in [3.63, 3.8) is 0 Å². The Hall–Kier alpha value is -3.98. The van der Waals surface area contributed by atoms with E-state index < -0.39 is 17.8 Å². The summed E-state index contributed by atoms with van der Waals surface area (Å²) < 4.78 is 25.6. The first-order valence-corrected chi connectivity index (χ1v) is 11.3. The maximum atomic E-state index is 13.9. The second-order valence-electron chi connectivity index (χ2n) is 7.65. The van der Waals surface area contributed by atoms with Gasteiger partial charge in [-0.05, 0) is 48.4 Å². The Morgan fingerprint density at radius 1 is 1.03 bits per heavy atom. The molecular formula is C26H20BrFN2O5. The number of barbiturate groups is 1. The first-order chi connectivity index (χ1) is 16.8. The van der Waals surface area contributed by atoms with E-state index in [4.69, 9.17) is 9.47 Å². The van der Waals surface area contributed by atoms with E-state index >= 15 is 0 Å². The van der Waals surface area contributed by atoms with Crippen molar-refractivity contribution in [1.29, 1.82) is 0 Å². The molecule has 0 bridgehead atoms. The highest BCUT2D eigenvalue weighted by Crippen LogP contribution is 2.36. The van der Waals surface area contributed by atoms with E-state index in [1.807, 2.05) is 0 Å². The molecule has 0 saturated carbocycles. The van der Waals surface area contributed by atoms with Gasteiger partial charge in [0.05, 0.1) is 12.8 Å². The largest absolute Gasteiger partial charge is 0.493 e. The number of para-hydroxylation sites is 1. The lowest BCUT2D eigenvalue weighted by Gasteiger charge is -2.27. The summed E-state index contributed by atoms with van der Waals surface area (Å²) in [5.74, 6) is -1.30. The number of amides is 4. The van der Waals surface area contributed by atoms with E-state index in [0.717, 1.165) is 4.90 Å². The molecule has 1 aliphatic heterocycles. The molecule has 0 spiro atoms. The van der Waals surface area contributed by atoms with Crippen LogP contribution in [0.2, 0.25) is 0 Å². The quantitative estimate of drug-likeness (QED) is 0.346. The maximum absolute atomic E-state index is 13.9. The van der Waals surface area contributed by atoms with Crippen LogP contribution in [0.5, 0.6) is 11.5 Å². The lowest BCUT2D eigenvalue weighted by atomic mass is 10.1. The van der Waals surface area contributed by atoms with Crippen molar-refractivity contribution < 1.29 is 28.2 Å². The molecule has 9 heteroatoms. The lowest BCUT2D eigenvalue weighted by Crippen LogP contribution is -2.54. The summed E-state index contributed by atoms with van der Waals surface area (Å²) in [4.78, 5) is 39.1. The van der Waals surface area contributed by atoms with E-state index in [-0.39, 0.29) is 18.0 Å². The summed E-state index contributed by atoms with van der Waals surface area (Å²) >= 11 is 3.42. The zero-order valence-corrected chi connectivity index (χ0v) is 20.4. The third-order valence-corrected chi connectivity index (χ3v) is 6.07. The molecule has 1 aliphatic rings. The minimum absolute atomic E-state index is 0.0235. The van der Waals surface area contributed by atoms with Crippen LogP contribution in [0.3, 0.4) is 0 Å². The molecule has 0 aromatic heterocycles. The normalized spacial score (nSPS) is 14.8. The fourth-order valence-corrected chi connectivity index (χ4v) is 3.99. The van der Waals surface area contributed by atoms with Gasteiger partial charge in [0.25, 0.3) is 11.8 Å². The molecule has 3 aromatic rings.